The van der Waals surface area contributed by atoms with Crippen LogP contribution in [0.5, 0.6) is 5.75 Å². The fourth-order valence-electron chi connectivity index (χ4n) is 3.04. The Kier molecular flexibility index (Phi) is 5.01. The molecule has 3 rings (SSSR count). The van der Waals surface area contributed by atoms with Crippen molar-refractivity contribution in [3.8, 4) is 5.75 Å². The van der Waals surface area contributed by atoms with E-state index in [4.69, 9.17) is 10.2 Å². The van der Waals surface area contributed by atoms with Gasteiger partial charge in [-0.3, -0.25) is 4.79 Å². The summed E-state index contributed by atoms with van der Waals surface area (Å²) in [5, 5.41) is 20.9. The molecule has 0 saturated heterocycles. The third kappa shape index (κ3) is 4.17. The predicted octanol–water partition coefficient (Wildman–Crippen LogP) is 2.20. The SMILES string of the molecule is Cc1ccc2oc(=O)c(CC(O)(CCc3ccc(O)cc3)C(N)=O)cc2c1. The van der Waals surface area contributed by atoms with Crippen LogP contribution in [0, 0.1) is 6.92 Å². The van der Waals surface area contributed by atoms with Crippen molar-refractivity contribution in [3.05, 3.63) is 75.6 Å². The Bertz CT molecular complexity index is 1040. The van der Waals surface area contributed by atoms with Gasteiger partial charge in [-0.2, -0.15) is 0 Å². The van der Waals surface area contributed by atoms with E-state index >= 15 is 0 Å². The van der Waals surface area contributed by atoms with Crippen molar-refractivity contribution in [1.82, 2.24) is 0 Å². The molecule has 140 valence electrons. The molecule has 1 unspecified atom stereocenters. The number of phenolic OH excluding ortho intramolecular Hbond substituents is 1. The molecule has 0 fully saturated rings. The van der Waals surface area contributed by atoms with Crippen molar-refractivity contribution < 1.29 is 19.4 Å². The lowest BCUT2D eigenvalue weighted by atomic mass is 9.88. The topological polar surface area (TPSA) is 114 Å². The van der Waals surface area contributed by atoms with E-state index in [9.17, 15) is 19.8 Å². The molecule has 1 atom stereocenters. The molecule has 3 aromatic rings. The van der Waals surface area contributed by atoms with Crippen molar-refractivity contribution in [3.63, 3.8) is 0 Å². The van der Waals surface area contributed by atoms with Crippen molar-refractivity contribution in [2.75, 3.05) is 0 Å². The van der Waals surface area contributed by atoms with Gasteiger partial charge in [-0.05, 0) is 55.7 Å². The van der Waals surface area contributed by atoms with Crippen LogP contribution in [0.4, 0.5) is 0 Å². The molecule has 0 bridgehead atoms. The number of primary amides is 1. The number of carbonyl (C=O) groups excluding carboxylic acids is 1. The molecule has 2 aromatic carbocycles. The number of phenols is 1. The van der Waals surface area contributed by atoms with E-state index in [0.717, 1.165) is 16.5 Å². The average molecular weight is 367 g/mol. The highest BCUT2D eigenvalue weighted by atomic mass is 16.4. The van der Waals surface area contributed by atoms with E-state index in [2.05, 4.69) is 0 Å². The molecular weight excluding hydrogens is 346 g/mol. The minimum absolute atomic E-state index is 0.0401. The van der Waals surface area contributed by atoms with E-state index in [-0.39, 0.29) is 24.2 Å². The number of aliphatic hydroxyl groups is 1. The third-order valence-corrected chi connectivity index (χ3v) is 4.67. The fourth-order valence-corrected chi connectivity index (χ4v) is 3.04. The van der Waals surface area contributed by atoms with Gasteiger partial charge in [0.2, 0.25) is 5.91 Å². The Morgan fingerprint density at radius 2 is 1.85 bits per heavy atom. The molecule has 0 aliphatic carbocycles. The molecule has 1 aromatic heterocycles. The number of hydrogen-bond acceptors (Lipinski definition) is 5. The zero-order chi connectivity index (χ0) is 19.6. The monoisotopic (exact) mass is 367 g/mol. The number of aryl methyl sites for hydroxylation is 2. The average Bonchev–Trinajstić information content (AvgIpc) is 2.62. The predicted molar refractivity (Wildman–Crippen MR) is 101 cm³/mol. The minimum atomic E-state index is -1.88. The van der Waals surface area contributed by atoms with Crippen LogP contribution in [0.2, 0.25) is 0 Å². The highest BCUT2D eigenvalue weighted by molar-refractivity contribution is 5.84. The van der Waals surface area contributed by atoms with Gasteiger partial charge < -0.3 is 20.4 Å². The van der Waals surface area contributed by atoms with Crippen molar-refractivity contribution in [2.24, 2.45) is 5.73 Å². The highest BCUT2D eigenvalue weighted by Gasteiger charge is 2.35. The second-order valence-electron chi connectivity index (χ2n) is 6.84. The molecule has 0 saturated carbocycles. The normalized spacial score (nSPS) is 13.4. The largest absolute Gasteiger partial charge is 0.508 e. The van der Waals surface area contributed by atoms with Gasteiger partial charge in [0.15, 0.2) is 0 Å². The van der Waals surface area contributed by atoms with Gasteiger partial charge in [0.25, 0.3) is 0 Å². The first kappa shape index (κ1) is 18.7. The molecule has 0 aliphatic rings. The van der Waals surface area contributed by atoms with Gasteiger partial charge in [0.1, 0.15) is 16.9 Å². The third-order valence-electron chi connectivity index (χ3n) is 4.67. The number of hydrogen-bond donors (Lipinski definition) is 3. The summed E-state index contributed by atoms with van der Waals surface area (Å²) in [5.74, 6) is -0.766. The maximum Gasteiger partial charge on any atom is 0.339 e. The summed E-state index contributed by atoms with van der Waals surface area (Å²) in [4.78, 5) is 24.2. The fraction of sp³-hybridized carbons (Fsp3) is 0.238. The van der Waals surface area contributed by atoms with Crippen LogP contribution >= 0.6 is 0 Å². The van der Waals surface area contributed by atoms with Gasteiger partial charge in [0, 0.05) is 17.4 Å². The minimum Gasteiger partial charge on any atom is -0.508 e. The van der Waals surface area contributed by atoms with Crippen LogP contribution in [-0.2, 0) is 17.6 Å². The van der Waals surface area contributed by atoms with E-state index in [0.29, 0.717) is 12.0 Å². The Hall–Kier alpha value is -3.12. The molecule has 27 heavy (non-hydrogen) atoms. The lowest BCUT2D eigenvalue weighted by Gasteiger charge is -2.24. The van der Waals surface area contributed by atoms with Crippen molar-refractivity contribution >= 4 is 16.9 Å². The number of fused-ring (bicyclic) bond motifs is 1. The lowest BCUT2D eigenvalue weighted by molar-refractivity contribution is -0.136. The summed E-state index contributed by atoms with van der Waals surface area (Å²) in [6.07, 6.45) is 0.169. The van der Waals surface area contributed by atoms with E-state index in [1.165, 1.54) is 12.1 Å². The zero-order valence-electron chi connectivity index (χ0n) is 14.9. The van der Waals surface area contributed by atoms with Gasteiger partial charge in [-0.1, -0.05) is 23.8 Å². The Balaban J connectivity index is 1.87. The molecule has 6 nitrogen and oxygen atoms in total. The van der Waals surface area contributed by atoms with E-state index in [1.807, 2.05) is 19.1 Å². The summed E-state index contributed by atoms with van der Waals surface area (Å²) in [7, 11) is 0. The van der Waals surface area contributed by atoms with Crippen LogP contribution in [0.3, 0.4) is 0 Å². The summed E-state index contributed by atoms with van der Waals surface area (Å²) in [6.45, 7) is 1.92. The molecule has 0 radical (unpaired) electrons. The Morgan fingerprint density at radius 1 is 1.15 bits per heavy atom. The molecule has 1 amide bonds. The number of rotatable bonds is 6. The Labute approximate surface area is 155 Å². The summed E-state index contributed by atoms with van der Waals surface area (Å²) in [6, 6.07) is 13.5. The van der Waals surface area contributed by atoms with Crippen LogP contribution in [0.1, 0.15) is 23.1 Å². The summed E-state index contributed by atoms with van der Waals surface area (Å²) >= 11 is 0. The quantitative estimate of drug-likeness (QED) is 0.578. The molecule has 4 N–H and O–H groups in total. The molecule has 0 spiro atoms. The van der Waals surface area contributed by atoms with Crippen LogP contribution < -0.4 is 11.4 Å². The standard InChI is InChI=1S/C21H21NO5/c1-13-2-7-18-15(10-13)11-16(19(24)27-18)12-21(26,20(22)25)9-8-14-3-5-17(23)6-4-14/h2-7,10-11,23,26H,8-9,12H2,1H3,(H2,22,25). The van der Waals surface area contributed by atoms with Crippen LogP contribution in [0.25, 0.3) is 11.0 Å². The molecule has 0 aliphatic heterocycles. The first-order valence-corrected chi connectivity index (χ1v) is 8.60. The van der Waals surface area contributed by atoms with Gasteiger partial charge in [0.05, 0.1) is 0 Å². The first-order chi connectivity index (χ1) is 12.8. The second kappa shape index (κ2) is 7.25. The second-order valence-corrected chi connectivity index (χ2v) is 6.84. The number of aromatic hydroxyl groups is 1. The molecule has 6 heteroatoms. The number of amides is 1. The van der Waals surface area contributed by atoms with Crippen molar-refractivity contribution in [1.29, 1.82) is 0 Å². The maximum absolute atomic E-state index is 12.3. The highest BCUT2D eigenvalue weighted by Crippen LogP contribution is 2.22. The maximum atomic E-state index is 12.3. The summed E-state index contributed by atoms with van der Waals surface area (Å²) in [5.41, 5.74) is 5.41. The molecular formula is C21H21NO5. The number of nitrogens with two attached hydrogens (primary N) is 1. The van der Waals surface area contributed by atoms with Crippen LogP contribution in [0.15, 0.2) is 57.7 Å². The first-order valence-electron chi connectivity index (χ1n) is 8.60. The van der Waals surface area contributed by atoms with Crippen LogP contribution in [-0.4, -0.2) is 21.7 Å². The van der Waals surface area contributed by atoms with E-state index in [1.54, 1.807) is 24.3 Å². The summed E-state index contributed by atoms with van der Waals surface area (Å²) < 4.78 is 5.30. The van der Waals surface area contributed by atoms with E-state index < -0.39 is 17.1 Å². The lowest BCUT2D eigenvalue weighted by Crippen LogP contribution is -2.47. The van der Waals surface area contributed by atoms with Gasteiger partial charge >= 0.3 is 5.63 Å². The molecule has 1 heterocycles. The van der Waals surface area contributed by atoms with Crippen molar-refractivity contribution in [2.45, 2.75) is 31.8 Å². The number of benzene rings is 2. The Morgan fingerprint density at radius 3 is 2.52 bits per heavy atom. The van der Waals surface area contributed by atoms with Gasteiger partial charge in [-0.25, -0.2) is 4.79 Å². The number of carbonyl (C=O) groups is 1. The van der Waals surface area contributed by atoms with Gasteiger partial charge in [-0.15, -0.1) is 0 Å². The smallest absolute Gasteiger partial charge is 0.339 e. The zero-order valence-corrected chi connectivity index (χ0v) is 14.9.